The SMILES string of the molecule is CCCCC(C)(O)C(C)=O. The van der Waals surface area contributed by atoms with Gasteiger partial charge in [0.2, 0.25) is 0 Å². The summed E-state index contributed by atoms with van der Waals surface area (Å²) in [7, 11) is 0. The fourth-order valence-corrected chi connectivity index (χ4v) is 0.697. The molecule has 0 aromatic rings. The number of hydrogen-bond acceptors (Lipinski definition) is 2. The van der Waals surface area contributed by atoms with Gasteiger partial charge in [-0.2, -0.15) is 0 Å². The molecule has 0 aliphatic rings. The van der Waals surface area contributed by atoms with Gasteiger partial charge in [-0.25, -0.2) is 0 Å². The van der Waals surface area contributed by atoms with Gasteiger partial charge in [-0.05, 0) is 20.3 Å². The smallest absolute Gasteiger partial charge is 0.160 e. The third kappa shape index (κ3) is 2.97. The minimum absolute atomic E-state index is 0.138. The van der Waals surface area contributed by atoms with E-state index in [2.05, 4.69) is 0 Å². The van der Waals surface area contributed by atoms with Crippen molar-refractivity contribution in [2.45, 2.75) is 45.6 Å². The van der Waals surface area contributed by atoms with Gasteiger partial charge < -0.3 is 5.11 Å². The molecular weight excluding hydrogens is 128 g/mol. The first-order valence-corrected chi connectivity index (χ1v) is 3.74. The molecule has 1 N–H and O–H groups in total. The second kappa shape index (κ2) is 3.71. The lowest BCUT2D eigenvalue weighted by molar-refractivity contribution is -0.134. The van der Waals surface area contributed by atoms with E-state index in [1.807, 2.05) is 6.92 Å². The fourth-order valence-electron chi connectivity index (χ4n) is 0.697. The van der Waals surface area contributed by atoms with Gasteiger partial charge in [0, 0.05) is 0 Å². The lowest BCUT2D eigenvalue weighted by Gasteiger charge is -2.18. The van der Waals surface area contributed by atoms with E-state index in [0.717, 1.165) is 12.8 Å². The van der Waals surface area contributed by atoms with E-state index < -0.39 is 5.60 Å². The van der Waals surface area contributed by atoms with Crippen LogP contribution in [0.4, 0.5) is 0 Å². The molecule has 0 fully saturated rings. The van der Waals surface area contributed by atoms with Crippen LogP contribution in [-0.4, -0.2) is 16.5 Å². The van der Waals surface area contributed by atoms with Crippen LogP contribution in [0.5, 0.6) is 0 Å². The van der Waals surface area contributed by atoms with Gasteiger partial charge in [0.1, 0.15) is 5.60 Å². The molecule has 60 valence electrons. The normalized spacial score (nSPS) is 16.4. The first-order valence-electron chi connectivity index (χ1n) is 3.74. The van der Waals surface area contributed by atoms with E-state index in [-0.39, 0.29) is 5.78 Å². The summed E-state index contributed by atoms with van der Waals surface area (Å²) in [5.74, 6) is -0.138. The van der Waals surface area contributed by atoms with Crippen LogP contribution >= 0.6 is 0 Å². The molecule has 0 rings (SSSR count). The van der Waals surface area contributed by atoms with E-state index in [1.54, 1.807) is 6.92 Å². The number of carbonyl (C=O) groups is 1. The molecule has 0 saturated carbocycles. The summed E-state index contributed by atoms with van der Waals surface area (Å²) >= 11 is 0. The Bertz CT molecular complexity index is 116. The van der Waals surface area contributed by atoms with Crippen molar-refractivity contribution in [3.63, 3.8) is 0 Å². The Hall–Kier alpha value is -0.370. The Balaban J connectivity index is 3.75. The highest BCUT2D eigenvalue weighted by molar-refractivity contribution is 5.84. The molecule has 0 radical (unpaired) electrons. The molecule has 2 heteroatoms. The molecule has 1 unspecified atom stereocenters. The van der Waals surface area contributed by atoms with Crippen LogP contribution in [0.25, 0.3) is 0 Å². The fraction of sp³-hybridized carbons (Fsp3) is 0.875. The van der Waals surface area contributed by atoms with Gasteiger partial charge in [-0.15, -0.1) is 0 Å². The molecule has 10 heavy (non-hydrogen) atoms. The molecule has 0 aliphatic heterocycles. The van der Waals surface area contributed by atoms with E-state index in [0.29, 0.717) is 6.42 Å². The van der Waals surface area contributed by atoms with Crippen LogP contribution in [0.3, 0.4) is 0 Å². The average molecular weight is 144 g/mol. The van der Waals surface area contributed by atoms with Gasteiger partial charge in [-0.3, -0.25) is 4.79 Å². The number of aliphatic hydroxyl groups is 1. The predicted molar refractivity (Wildman–Crippen MR) is 40.8 cm³/mol. The van der Waals surface area contributed by atoms with Crippen LogP contribution in [0.15, 0.2) is 0 Å². The van der Waals surface area contributed by atoms with E-state index in [9.17, 15) is 9.90 Å². The van der Waals surface area contributed by atoms with Crippen LogP contribution in [0, 0.1) is 0 Å². The van der Waals surface area contributed by atoms with Gasteiger partial charge in [0.05, 0.1) is 0 Å². The van der Waals surface area contributed by atoms with Crippen molar-refractivity contribution in [1.82, 2.24) is 0 Å². The van der Waals surface area contributed by atoms with Crippen molar-refractivity contribution < 1.29 is 9.90 Å². The van der Waals surface area contributed by atoms with E-state index in [4.69, 9.17) is 0 Å². The zero-order chi connectivity index (χ0) is 8.20. The van der Waals surface area contributed by atoms with Gasteiger partial charge in [-0.1, -0.05) is 19.8 Å². The highest BCUT2D eigenvalue weighted by Gasteiger charge is 2.24. The number of carbonyl (C=O) groups excluding carboxylic acids is 1. The number of rotatable bonds is 4. The summed E-state index contributed by atoms with van der Waals surface area (Å²) in [6.07, 6.45) is 2.51. The highest BCUT2D eigenvalue weighted by atomic mass is 16.3. The standard InChI is InChI=1S/C8H16O2/c1-4-5-6-8(3,10)7(2)9/h10H,4-6H2,1-3H3. The maximum atomic E-state index is 10.7. The maximum absolute atomic E-state index is 10.7. The van der Waals surface area contributed by atoms with Crippen LogP contribution in [0.2, 0.25) is 0 Å². The molecule has 0 heterocycles. The van der Waals surface area contributed by atoms with Crippen molar-refractivity contribution >= 4 is 5.78 Å². The van der Waals surface area contributed by atoms with E-state index >= 15 is 0 Å². The van der Waals surface area contributed by atoms with Crippen molar-refractivity contribution in [3.8, 4) is 0 Å². The number of unbranched alkanes of at least 4 members (excludes halogenated alkanes) is 1. The Morgan fingerprint density at radius 2 is 2.10 bits per heavy atom. The Morgan fingerprint density at radius 1 is 1.60 bits per heavy atom. The van der Waals surface area contributed by atoms with Gasteiger partial charge in [0.15, 0.2) is 5.78 Å². The Kier molecular flexibility index (Phi) is 3.58. The quantitative estimate of drug-likeness (QED) is 0.649. The van der Waals surface area contributed by atoms with Crippen LogP contribution in [0.1, 0.15) is 40.0 Å². The largest absolute Gasteiger partial charge is 0.382 e. The van der Waals surface area contributed by atoms with Crippen molar-refractivity contribution in [2.75, 3.05) is 0 Å². The molecule has 0 aromatic carbocycles. The monoisotopic (exact) mass is 144 g/mol. The first kappa shape index (κ1) is 9.63. The third-order valence-corrected chi connectivity index (χ3v) is 1.78. The highest BCUT2D eigenvalue weighted by Crippen LogP contribution is 2.13. The average Bonchev–Trinajstić information content (AvgIpc) is 1.84. The molecule has 0 aromatic heterocycles. The predicted octanol–water partition coefficient (Wildman–Crippen LogP) is 1.52. The molecule has 0 aliphatic carbocycles. The summed E-state index contributed by atoms with van der Waals surface area (Å²) in [6.45, 7) is 5.04. The second-order valence-electron chi connectivity index (χ2n) is 2.93. The number of ketones is 1. The molecular formula is C8H16O2. The third-order valence-electron chi connectivity index (χ3n) is 1.78. The summed E-state index contributed by atoms with van der Waals surface area (Å²) in [5, 5.41) is 9.37. The lowest BCUT2D eigenvalue weighted by atomic mass is 9.95. The molecule has 0 amide bonds. The number of hydrogen-bond donors (Lipinski definition) is 1. The van der Waals surface area contributed by atoms with E-state index in [1.165, 1.54) is 6.92 Å². The minimum Gasteiger partial charge on any atom is -0.382 e. The zero-order valence-electron chi connectivity index (χ0n) is 6.98. The summed E-state index contributed by atoms with van der Waals surface area (Å²) in [6, 6.07) is 0. The topological polar surface area (TPSA) is 37.3 Å². The van der Waals surface area contributed by atoms with Crippen molar-refractivity contribution in [2.24, 2.45) is 0 Å². The molecule has 0 spiro atoms. The van der Waals surface area contributed by atoms with Crippen molar-refractivity contribution in [3.05, 3.63) is 0 Å². The Morgan fingerprint density at radius 3 is 2.40 bits per heavy atom. The minimum atomic E-state index is -1.09. The first-order chi connectivity index (χ1) is 4.50. The summed E-state index contributed by atoms with van der Waals surface area (Å²) in [4.78, 5) is 10.7. The van der Waals surface area contributed by atoms with Crippen LogP contribution in [-0.2, 0) is 4.79 Å². The van der Waals surface area contributed by atoms with Gasteiger partial charge >= 0.3 is 0 Å². The summed E-state index contributed by atoms with van der Waals surface area (Å²) < 4.78 is 0. The zero-order valence-corrected chi connectivity index (χ0v) is 6.98. The molecule has 2 nitrogen and oxygen atoms in total. The number of Topliss-reactive ketones (excluding diaryl/α,β-unsaturated/α-hetero) is 1. The lowest BCUT2D eigenvalue weighted by Crippen LogP contribution is -2.32. The maximum Gasteiger partial charge on any atom is 0.160 e. The second-order valence-corrected chi connectivity index (χ2v) is 2.93. The molecule has 1 atom stereocenters. The van der Waals surface area contributed by atoms with Crippen LogP contribution < -0.4 is 0 Å². The Labute approximate surface area is 62.2 Å². The summed E-state index contributed by atoms with van der Waals surface area (Å²) in [5.41, 5.74) is -1.09. The van der Waals surface area contributed by atoms with Crippen molar-refractivity contribution in [1.29, 1.82) is 0 Å². The molecule has 0 saturated heterocycles. The molecule has 0 bridgehead atoms. The van der Waals surface area contributed by atoms with Gasteiger partial charge in [0.25, 0.3) is 0 Å².